The molecule has 7 nitrogen and oxygen atoms in total. The minimum absolute atomic E-state index is 0.0415. The zero-order valence-electron chi connectivity index (χ0n) is 15.6. The first-order chi connectivity index (χ1) is 12.6. The maximum absolute atomic E-state index is 6.17. The van der Waals surface area contributed by atoms with E-state index < -0.39 is 0 Å². The molecule has 0 bridgehead atoms. The Bertz CT molecular complexity index is 727. The second kappa shape index (κ2) is 7.32. The molecule has 2 aromatic heterocycles. The highest BCUT2D eigenvalue weighted by Crippen LogP contribution is 2.38. The average Bonchev–Trinajstić information content (AvgIpc) is 2.92. The van der Waals surface area contributed by atoms with E-state index in [4.69, 9.17) is 9.47 Å². The molecular weight excluding hydrogens is 330 g/mol. The molecule has 0 radical (unpaired) electrons. The molecule has 0 N–H and O–H groups in total. The molecule has 2 aliphatic rings. The second-order valence-electron chi connectivity index (χ2n) is 7.60. The largest absolute Gasteiger partial charge is 0.463 e. The van der Waals surface area contributed by atoms with E-state index in [1.165, 1.54) is 5.69 Å². The van der Waals surface area contributed by atoms with Gasteiger partial charge in [0.25, 0.3) is 0 Å². The highest BCUT2D eigenvalue weighted by molar-refractivity contribution is 5.11. The minimum atomic E-state index is 0.0415. The smallest absolute Gasteiger partial charge is 0.316 e. The minimum Gasteiger partial charge on any atom is -0.463 e. The number of hydrogen-bond acceptors (Lipinski definition) is 6. The molecule has 1 spiro atoms. The van der Waals surface area contributed by atoms with Gasteiger partial charge in [0.2, 0.25) is 0 Å². The van der Waals surface area contributed by atoms with Crippen molar-refractivity contribution in [2.24, 2.45) is 13.0 Å². The van der Waals surface area contributed by atoms with Crippen LogP contribution in [0.3, 0.4) is 0 Å². The van der Waals surface area contributed by atoms with Crippen molar-refractivity contribution in [2.45, 2.75) is 38.3 Å². The van der Waals surface area contributed by atoms with E-state index in [0.717, 1.165) is 51.2 Å². The fraction of sp³-hybridized carbons (Fsp3) is 0.632. The summed E-state index contributed by atoms with van der Waals surface area (Å²) < 4.78 is 13.8. The molecule has 26 heavy (non-hydrogen) atoms. The Balaban J connectivity index is 1.23. The van der Waals surface area contributed by atoms with E-state index in [-0.39, 0.29) is 5.60 Å². The number of aryl methyl sites for hydroxylation is 2. The summed E-state index contributed by atoms with van der Waals surface area (Å²) in [5.41, 5.74) is 2.38. The van der Waals surface area contributed by atoms with Crippen molar-refractivity contribution in [1.82, 2.24) is 24.6 Å². The molecule has 7 heteroatoms. The summed E-state index contributed by atoms with van der Waals surface area (Å²) in [4.78, 5) is 10.7. The summed E-state index contributed by atoms with van der Waals surface area (Å²) in [7, 11) is 2.02. The maximum atomic E-state index is 6.17. The molecule has 2 saturated heterocycles. The summed E-state index contributed by atoms with van der Waals surface area (Å²) in [5, 5.41) is 4.43. The van der Waals surface area contributed by atoms with Crippen molar-refractivity contribution >= 4 is 0 Å². The molecule has 4 rings (SSSR count). The van der Waals surface area contributed by atoms with Crippen LogP contribution in [-0.2, 0) is 18.3 Å². The molecule has 0 aromatic carbocycles. The predicted molar refractivity (Wildman–Crippen MR) is 96.8 cm³/mol. The summed E-state index contributed by atoms with van der Waals surface area (Å²) in [6, 6.07) is 4.43. The van der Waals surface area contributed by atoms with Gasteiger partial charge < -0.3 is 9.47 Å². The van der Waals surface area contributed by atoms with Crippen LogP contribution in [-0.4, -0.2) is 56.6 Å². The molecule has 2 fully saturated rings. The van der Waals surface area contributed by atoms with Crippen LogP contribution in [0.25, 0.3) is 0 Å². The molecule has 2 aliphatic heterocycles. The van der Waals surface area contributed by atoms with E-state index in [1.54, 1.807) is 18.5 Å². The van der Waals surface area contributed by atoms with Gasteiger partial charge >= 0.3 is 6.01 Å². The van der Waals surface area contributed by atoms with Crippen molar-refractivity contribution < 1.29 is 9.47 Å². The van der Waals surface area contributed by atoms with Crippen molar-refractivity contribution in [2.75, 3.05) is 26.3 Å². The molecular formula is C19H27N5O2. The predicted octanol–water partition coefficient (Wildman–Crippen LogP) is 1.97. The normalized spacial score (nSPS) is 22.3. The van der Waals surface area contributed by atoms with Crippen molar-refractivity contribution in [3.8, 4) is 6.01 Å². The molecule has 2 aromatic rings. The Morgan fingerprint density at radius 1 is 1.31 bits per heavy atom. The third-order valence-electron chi connectivity index (χ3n) is 5.40. The quantitative estimate of drug-likeness (QED) is 0.787. The van der Waals surface area contributed by atoms with Gasteiger partial charge in [-0.25, -0.2) is 9.97 Å². The summed E-state index contributed by atoms with van der Waals surface area (Å²) in [5.74, 6) is 0.647. The Morgan fingerprint density at radius 3 is 2.85 bits per heavy atom. The number of ether oxygens (including phenoxy) is 2. The van der Waals surface area contributed by atoms with Crippen LogP contribution in [0, 0.1) is 12.8 Å². The van der Waals surface area contributed by atoms with Crippen LogP contribution >= 0.6 is 0 Å². The van der Waals surface area contributed by atoms with Gasteiger partial charge in [0.15, 0.2) is 0 Å². The van der Waals surface area contributed by atoms with Gasteiger partial charge in [-0.3, -0.25) is 9.58 Å². The van der Waals surface area contributed by atoms with Crippen molar-refractivity contribution in [3.63, 3.8) is 0 Å². The van der Waals surface area contributed by atoms with Crippen LogP contribution < -0.4 is 4.74 Å². The summed E-state index contributed by atoms with van der Waals surface area (Å²) >= 11 is 0. The fourth-order valence-electron chi connectivity index (χ4n) is 4.19. The molecule has 0 aliphatic carbocycles. The van der Waals surface area contributed by atoms with Gasteiger partial charge in [-0.15, -0.1) is 0 Å². The first-order valence-electron chi connectivity index (χ1n) is 9.38. The first-order valence-corrected chi connectivity index (χ1v) is 9.38. The van der Waals surface area contributed by atoms with Crippen LogP contribution in [0.15, 0.2) is 24.5 Å². The number of rotatable bonds is 6. The van der Waals surface area contributed by atoms with E-state index >= 15 is 0 Å². The van der Waals surface area contributed by atoms with E-state index in [9.17, 15) is 0 Å². The molecule has 0 unspecified atom stereocenters. The Kier molecular flexibility index (Phi) is 4.91. The molecule has 4 heterocycles. The lowest BCUT2D eigenvalue weighted by Gasteiger charge is -2.53. The molecule has 0 saturated carbocycles. The lowest BCUT2D eigenvalue weighted by atomic mass is 9.79. The Morgan fingerprint density at radius 2 is 2.12 bits per heavy atom. The topological polar surface area (TPSA) is 65.3 Å². The van der Waals surface area contributed by atoms with E-state index in [2.05, 4.69) is 26.0 Å². The van der Waals surface area contributed by atoms with Crippen LogP contribution in [0.4, 0.5) is 0 Å². The maximum Gasteiger partial charge on any atom is 0.316 e. The SMILES string of the molecule is Cc1cc(CN2CC3(C[C@@H](CCOc4ncccn4)CCO3)C2)n(C)n1. The number of likely N-dealkylation sites (tertiary alicyclic amines) is 1. The third kappa shape index (κ3) is 3.88. The van der Waals surface area contributed by atoms with Gasteiger partial charge in [0.05, 0.1) is 23.6 Å². The molecule has 1 atom stereocenters. The van der Waals surface area contributed by atoms with Crippen molar-refractivity contribution in [3.05, 3.63) is 35.9 Å². The number of nitrogens with zero attached hydrogens (tertiary/aromatic N) is 5. The van der Waals surface area contributed by atoms with Gasteiger partial charge in [-0.1, -0.05) is 0 Å². The monoisotopic (exact) mass is 357 g/mol. The zero-order valence-corrected chi connectivity index (χ0v) is 15.6. The lowest BCUT2D eigenvalue weighted by molar-refractivity contribution is -0.182. The van der Waals surface area contributed by atoms with E-state index in [1.807, 2.05) is 18.7 Å². The highest BCUT2D eigenvalue weighted by atomic mass is 16.5. The van der Waals surface area contributed by atoms with Gasteiger partial charge in [0.1, 0.15) is 0 Å². The molecule has 140 valence electrons. The van der Waals surface area contributed by atoms with Gasteiger partial charge in [-0.2, -0.15) is 5.10 Å². The van der Waals surface area contributed by atoms with Crippen LogP contribution in [0.1, 0.15) is 30.7 Å². The van der Waals surface area contributed by atoms with Crippen LogP contribution in [0.2, 0.25) is 0 Å². The zero-order chi connectivity index (χ0) is 18.0. The third-order valence-corrected chi connectivity index (χ3v) is 5.40. The van der Waals surface area contributed by atoms with Crippen molar-refractivity contribution in [1.29, 1.82) is 0 Å². The van der Waals surface area contributed by atoms with Gasteiger partial charge in [0, 0.05) is 45.7 Å². The fourth-order valence-corrected chi connectivity index (χ4v) is 4.19. The summed E-state index contributed by atoms with van der Waals surface area (Å²) in [6.45, 7) is 6.53. The Labute approximate surface area is 154 Å². The Hall–Kier alpha value is -1.99. The number of hydrogen-bond donors (Lipinski definition) is 0. The first kappa shape index (κ1) is 17.4. The molecule has 0 amide bonds. The van der Waals surface area contributed by atoms with Gasteiger partial charge in [-0.05, 0) is 44.2 Å². The average molecular weight is 357 g/mol. The lowest BCUT2D eigenvalue weighted by Crippen LogP contribution is -2.64. The second-order valence-corrected chi connectivity index (χ2v) is 7.60. The highest BCUT2D eigenvalue weighted by Gasteiger charge is 2.47. The van der Waals surface area contributed by atoms with E-state index in [0.29, 0.717) is 18.5 Å². The number of aromatic nitrogens is 4. The summed E-state index contributed by atoms with van der Waals surface area (Å²) in [6.07, 6.45) is 6.68. The standard InChI is InChI=1S/C19H27N5O2/c1-15-10-17(23(2)22-15)12-24-13-19(14-24)11-16(5-9-26-19)4-8-25-18-20-6-3-7-21-18/h3,6-7,10,16H,4-5,8-9,11-14H2,1-2H3/t16-/m0/s1. The van der Waals surface area contributed by atoms with Crippen LogP contribution in [0.5, 0.6) is 6.01 Å².